The molecule has 0 aromatic heterocycles. The van der Waals surface area contributed by atoms with Gasteiger partial charge in [-0.05, 0) is 49.1 Å². The second-order valence-electron chi connectivity index (χ2n) is 5.87. The van der Waals surface area contributed by atoms with Gasteiger partial charge in [0.25, 0.3) is 5.91 Å². The van der Waals surface area contributed by atoms with Crippen molar-refractivity contribution < 1.29 is 4.79 Å². The van der Waals surface area contributed by atoms with Crippen molar-refractivity contribution in [3.8, 4) is 0 Å². The summed E-state index contributed by atoms with van der Waals surface area (Å²) in [6.45, 7) is 3.21. The first-order chi connectivity index (χ1) is 10.3. The molecule has 1 amide bonds. The molecule has 1 saturated carbocycles. The first kappa shape index (κ1) is 14.8. The first-order valence-corrected chi connectivity index (χ1v) is 9.12. The van der Waals surface area contributed by atoms with E-state index < -0.39 is 0 Å². The van der Waals surface area contributed by atoms with Gasteiger partial charge in [0.2, 0.25) is 0 Å². The summed E-state index contributed by atoms with van der Waals surface area (Å²) in [4.78, 5) is 12.7. The van der Waals surface area contributed by atoms with Gasteiger partial charge >= 0.3 is 0 Å². The maximum Gasteiger partial charge on any atom is 0.251 e. The second-order valence-corrected chi connectivity index (χ2v) is 7.38. The molecule has 2 aliphatic rings. The fraction of sp³-hybridized carbons (Fsp3) is 0.588. The van der Waals surface area contributed by atoms with Crippen molar-refractivity contribution in [2.75, 3.05) is 17.6 Å². The van der Waals surface area contributed by atoms with Crippen molar-refractivity contribution in [3.63, 3.8) is 0 Å². The summed E-state index contributed by atoms with van der Waals surface area (Å²) < 4.78 is 0. The number of carbonyl (C=O) groups excluding carboxylic acids is 1. The minimum Gasteiger partial charge on any atom is -0.385 e. The van der Waals surface area contributed by atoms with Gasteiger partial charge in [0.05, 0.1) is 0 Å². The van der Waals surface area contributed by atoms with Crippen LogP contribution >= 0.6 is 11.8 Å². The fourth-order valence-corrected chi connectivity index (χ4v) is 4.67. The van der Waals surface area contributed by atoms with E-state index in [1.54, 1.807) is 0 Å². The Morgan fingerprint density at radius 3 is 3.14 bits per heavy atom. The summed E-state index contributed by atoms with van der Waals surface area (Å²) in [5.41, 5.74) is 3.20. The van der Waals surface area contributed by atoms with Crippen molar-refractivity contribution in [2.24, 2.45) is 0 Å². The summed E-state index contributed by atoms with van der Waals surface area (Å²) in [7, 11) is 0. The normalized spacial score (nSPS) is 24.2. The molecule has 0 radical (unpaired) electrons. The van der Waals surface area contributed by atoms with Crippen LogP contribution < -0.4 is 10.6 Å². The van der Waals surface area contributed by atoms with E-state index in [-0.39, 0.29) is 5.91 Å². The molecule has 1 aromatic rings. The Hall–Kier alpha value is -1.16. The van der Waals surface area contributed by atoms with Crippen molar-refractivity contribution in [2.45, 2.75) is 50.3 Å². The first-order valence-electron chi connectivity index (χ1n) is 8.08. The van der Waals surface area contributed by atoms with Crippen molar-refractivity contribution in [3.05, 3.63) is 29.3 Å². The lowest BCUT2D eigenvalue weighted by Gasteiger charge is -2.23. The molecular weight excluding hydrogens is 280 g/mol. The number of nitrogens with one attached hydrogen (secondary N) is 2. The van der Waals surface area contributed by atoms with Crippen LogP contribution in [0, 0.1) is 0 Å². The molecule has 21 heavy (non-hydrogen) atoms. The Balaban J connectivity index is 1.74. The van der Waals surface area contributed by atoms with E-state index in [0.29, 0.717) is 11.3 Å². The molecule has 4 heteroatoms. The number of hydrogen-bond acceptors (Lipinski definition) is 3. The average Bonchev–Trinajstić information content (AvgIpc) is 2.94. The minimum absolute atomic E-state index is 0.115. The number of fused-ring (bicyclic) bond motifs is 1. The summed E-state index contributed by atoms with van der Waals surface area (Å²) in [5.74, 6) is 1.24. The predicted molar refractivity (Wildman–Crippen MR) is 90.3 cm³/mol. The zero-order valence-corrected chi connectivity index (χ0v) is 13.5. The maximum absolute atomic E-state index is 12.7. The van der Waals surface area contributed by atoms with E-state index in [0.717, 1.165) is 42.8 Å². The Morgan fingerprint density at radius 2 is 2.29 bits per heavy atom. The highest BCUT2D eigenvalue weighted by molar-refractivity contribution is 7.99. The largest absolute Gasteiger partial charge is 0.385 e. The lowest BCUT2D eigenvalue weighted by molar-refractivity contribution is 0.0937. The number of hydrogen-bond donors (Lipinski definition) is 2. The Bertz CT molecular complexity index is 518. The highest BCUT2D eigenvalue weighted by atomic mass is 32.2. The number of carbonyl (C=O) groups is 1. The van der Waals surface area contributed by atoms with Gasteiger partial charge in [-0.3, -0.25) is 4.79 Å². The molecule has 0 bridgehead atoms. The fourth-order valence-electron chi connectivity index (χ4n) is 3.47. The molecule has 2 N–H and O–H groups in total. The van der Waals surface area contributed by atoms with Crippen LogP contribution in [-0.2, 0) is 6.42 Å². The third-order valence-corrected chi connectivity index (χ3v) is 5.82. The number of amides is 1. The maximum atomic E-state index is 12.7. The minimum atomic E-state index is 0.115. The summed E-state index contributed by atoms with van der Waals surface area (Å²) in [5, 5.41) is 7.28. The average molecular weight is 304 g/mol. The lowest BCUT2D eigenvalue weighted by Crippen LogP contribution is -2.39. The third kappa shape index (κ3) is 3.20. The molecule has 114 valence electrons. The van der Waals surface area contributed by atoms with Crippen LogP contribution in [0.25, 0.3) is 0 Å². The van der Waals surface area contributed by atoms with Crippen LogP contribution in [0.1, 0.15) is 48.5 Å². The Morgan fingerprint density at radius 1 is 1.38 bits per heavy atom. The van der Waals surface area contributed by atoms with E-state index in [1.165, 1.54) is 18.4 Å². The van der Waals surface area contributed by atoms with Crippen LogP contribution in [0.3, 0.4) is 0 Å². The molecule has 2 atom stereocenters. The summed E-state index contributed by atoms with van der Waals surface area (Å²) >= 11 is 1.99. The molecular formula is C17H24N2OS. The number of thioether (sulfide) groups is 1. The highest BCUT2D eigenvalue weighted by Gasteiger charge is 2.29. The van der Waals surface area contributed by atoms with E-state index in [9.17, 15) is 4.79 Å². The van der Waals surface area contributed by atoms with Gasteiger partial charge in [0, 0.05) is 29.1 Å². The van der Waals surface area contributed by atoms with E-state index in [4.69, 9.17) is 0 Å². The number of rotatable bonds is 4. The molecule has 2 unspecified atom stereocenters. The third-order valence-electron chi connectivity index (χ3n) is 4.49. The van der Waals surface area contributed by atoms with E-state index in [1.807, 2.05) is 23.9 Å². The van der Waals surface area contributed by atoms with Gasteiger partial charge in [-0.1, -0.05) is 19.4 Å². The standard InChI is InChI=1S/C17H24N2OS/c1-2-21-16-10-4-9-15(16)19-17(20)13-6-3-8-14-12(13)7-5-11-18-14/h3,6,8,15-16,18H,2,4-5,7,9-11H2,1H3,(H,19,20). The Kier molecular flexibility index (Phi) is 4.73. The zero-order chi connectivity index (χ0) is 14.7. The SMILES string of the molecule is CCSC1CCCC1NC(=O)c1cccc2c1CCCN2. The molecule has 1 aliphatic heterocycles. The van der Waals surface area contributed by atoms with Crippen molar-refractivity contribution in [1.82, 2.24) is 5.32 Å². The van der Waals surface area contributed by atoms with Gasteiger partial charge in [-0.15, -0.1) is 0 Å². The quantitative estimate of drug-likeness (QED) is 0.895. The molecule has 3 rings (SSSR count). The molecule has 1 aromatic carbocycles. The van der Waals surface area contributed by atoms with Crippen molar-refractivity contribution in [1.29, 1.82) is 0 Å². The van der Waals surface area contributed by atoms with Gasteiger partial charge < -0.3 is 10.6 Å². The van der Waals surface area contributed by atoms with Crippen LogP contribution in [0.15, 0.2) is 18.2 Å². The van der Waals surface area contributed by atoms with E-state index >= 15 is 0 Å². The highest BCUT2D eigenvalue weighted by Crippen LogP contribution is 2.31. The zero-order valence-electron chi connectivity index (χ0n) is 12.7. The lowest BCUT2D eigenvalue weighted by atomic mass is 9.97. The topological polar surface area (TPSA) is 41.1 Å². The van der Waals surface area contributed by atoms with Crippen LogP contribution in [0.2, 0.25) is 0 Å². The second kappa shape index (κ2) is 6.73. The number of benzene rings is 1. The van der Waals surface area contributed by atoms with E-state index in [2.05, 4.69) is 23.6 Å². The monoisotopic (exact) mass is 304 g/mol. The van der Waals surface area contributed by atoms with Gasteiger partial charge in [-0.25, -0.2) is 0 Å². The van der Waals surface area contributed by atoms with Gasteiger partial charge in [-0.2, -0.15) is 11.8 Å². The number of anilines is 1. The molecule has 0 spiro atoms. The summed E-state index contributed by atoms with van der Waals surface area (Å²) in [6, 6.07) is 6.38. The van der Waals surface area contributed by atoms with Crippen LogP contribution in [0.5, 0.6) is 0 Å². The van der Waals surface area contributed by atoms with Crippen molar-refractivity contribution >= 4 is 23.4 Å². The smallest absolute Gasteiger partial charge is 0.251 e. The van der Waals surface area contributed by atoms with Gasteiger partial charge in [0.1, 0.15) is 0 Å². The van der Waals surface area contributed by atoms with Crippen LogP contribution in [0.4, 0.5) is 5.69 Å². The van der Waals surface area contributed by atoms with Gasteiger partial charge in [0.15, 0.2) is 0 Å². The predicted octanol–water partition coefficient (Wildman–Crippen LogP) is 3.45. The Labute approximate surface area is 131 Å². The van der Waals surface area contributed by atoms with Crippen LogP contribution in [-0.4, -0.2) is 29.5 Å². The molecule has 0 saturated heterocycles. The molecule has 1 heterocycles. The molecule has 1 aliphatic carbocycles. The summed E-state index contributed by atoms with van der Waals surface area (Å²) in [6.07, 6.45) is 5.70. The molecule has 3 nitrogen and oxygen atoms in total. The molecule has 1 fully saturated rings.